The molecule has 8 heteroatoms. The van der Waals surface area contributed by atoms with Crippen LogP contribution < -0.4 is 0 Å². The van der Waals surface area contributed by atoms with Crippen LogP contribution in [-0.2, 0) is 9.59 Å². The standard InChI is InChI=1S/C25H31BrN4O3/c1-2-15-29(25(32)19-8-4-3-5-9-19)17-22(31)30-16-7-6-10-21(30)24-27-23(28-33-24)18-11-13-20(26)14-12-18/h2,11-14,19,21H,1,3-10,15-17H2. The molecule has 1 aliphatic carbocycles. The van der Waals surface area contributed by atoms with Gasteiger partial charge in [0.25, 0.3) is 0 Å². The highest BCUT2D eigenvalue weighted by molar-refractivity contribution is 9.10. The van der Waals surface area contributed by atoms with E-state index in [0.29, 0.717) is 24.8 Å². The Morgan fingerprint density at radius 3 is 2.58 bits per heavy atom. The Labute approximate surface area is 203 Å². The molecule has 1 saturated heterocycles. The van der Waals surface area contributed by atoms with Crippen molar-refractivity contribution in [2.45, 2.75) is 57.4 Å². The maximum atomic E-state index is 13.4. The zero-order chi connectivity index (χ0) is 23.2. The molecule has 0 bridgehead atoms. The minimum absolute atomic E-state index is 0.0214. The third-order valence-corrected chi connectivity index (χ3v) is 7.12. The first-order valence-corrected chi connectivity index (χ1v) is 12.6. The summed E-state index contributed by atoms with van der Waals surface area (Å²) in [7, 11) is 0. The molecule has 0 spiro atoms. The Morgan fingerprint density at radius 2 is 1.85 bits per heavy atom. The molecule has 1 aliphatic heterocycles. The lowest BCUT2D eigenvalue weighted by Crippen LogP contribution is -2.47. The summed E-state index contributed by atoms with van der Waals surface area (Å²) in [5.74, 6) is 0.986. The first kappa shape index (κ1) is 23.7. The van der Waals surface area contributed by atoms with Gasteiger partial charge >= 0.3 is 0 Å². The van der Waals surface area contributed by atoms with Crippen molar-refractivity contribution < 1.29 is 14.1 Å². The van der Waals surface area contributed by atoms with Crippen LogP contribution in [0, 0.1) is 5.92 Å². The third-order valence-electron chi connectivity index (χ3n) is 6.59. The van der Waals surface area contributed by atoms with Crippen LogP contribution >= 0.6 is 15.9 Å². The van der Waals surface area contributed by atoms with Gasteiger partial charge in [0.2, 0.25) is 23.5 Å². The number of likely N-dealkylation sites (tertiary alicyclic amines) is 1. The number of rotatable bonds is 7. The Bertz CT molecular complexity index is 968. The summed E-state index contributed by atoms with van der Waals surface area (Å²) in [4.78, 5) is 34.6. The van der Waals surface area contributed by atoms with E-state index in [1.54, 1.807) is 11.0 Å². The van der Waals surface area contributed by atoms with Crippen molar-refractivity contribution in [3.63, 3.8) is 0 Å². The van der Waals surface area contributed by atoms with E-state index in [0.717, 1.165) is 55.0 Å². The minimum Gasteiger partial charge on any atom is -0.337 e. The van der Waals surface area contributed by atoms with Crippen molar-refractivity contribution in [1.29, 1.82) is 0 Å². The second-order valence-corrected chi connectivity index (χ2v) is 9.82. The van der Waals surface area contributed by atoms with Gasteiger partial charge in [-0.2, -0.15) is 4.98 Å². The maximum Gasteiger partial charge on any atom is 0.249 e. The number of nitrogens with zero attached hydrogens (tertiary/aromatic N) is 4. The summed E-state index contributed by atoms with van der Waals surface area (Å²) in [6.45, 7) is 4.86. The first-order chi connectivity index (χ1) is 16.1. The molecular formula is C25H31BrN4O3. The normalized spacial score (nSPS) is 19.3. The van der Waals surface area contributed by atoms with Crippen LogP contribution in [0.15, 0.2) is 45.9 Å². The quantitative estimate of drug-likeness (QED) is 0.477. The molecule has 1 aromatic carbocycles. The topological polar surface area (TPSA) is 79.5 Å². The molecule has 1 aromatic heterocycles. The van der Waals surface area contributed by atoms with E-state index in [2.05, 4.69) is 32.6 Å². The number of hydrogen-bond acceptors (Lipinski definition) is 5. The van der Waals surface area contributed by atoms with Crippen LogP contribution in [0.4, 0.5) is 0 Å². The van der Waals surface area contributed by atoms with Gasteiger partial charge in [-0.25, -0.2) is 0 Å². The van der Waals surface area contributed by atoms with Crippen LogP contribution in [0.5, 0.6) is 0 Å². The van der Waals surface area contributed by atoms with E-state index in [1.165, 1.54) is 6.42 Å². The van der Waals surface area contributed by atoms with Crippen LogP contribution in [0.1, 0.15) is 63.3 Å². The van der Waals surface area contributed by atoms with Gasteiger partial charge in [0, 0.05) is 29.0 Å². The lowest BCUT2D eigenvalue weighted by molar-refractivity contribution is -0.145. The van der Waals surface area contributed by atoms with Crippen molar-refractivity contribution in [3.8, 4) is 11.4 Å². The van der Waals surface area contributed by atoms with E-state index in [9.17, 15) is 9.59 Å². The fourth-order valence-corrected chi connectivity index (χ4v) is 5.09. The number of carbonyl (C=O) groups excluding carboxylic acids is 2. The van der Waals surface area contributed by atoms with Crippen LogP contribution in [0.3, 0.4) is 0 Å². The lowest BCUT2D eigenvalue weighted by Gasteiger charge is -2.35. The maximum absolute atomic E-state index is 13.4. The molecular weight excluding hydrogens is 484 g/mol. The Kier molecular flexibility index (Phi) is 7.96. The highest BCUT2D eigenvalue weighted by Gasteiger charge is 2.34. The first-order valence-electron chi connectivity index (χ1n) is 11.9. The molecule has 0 radical (unpaired) electrons. The number of hydrogen-bond donors (Lipinski definition) is 0. The second-order valence-electron chi connectivity index (χ2n) is 8.90. The van der Waals surface area contributed by atoms with Gasteiger partial charge in [-0.15, -0.1) is 6.58 Å². The fraction of sp³-hybridized carbons (Fsp3) is 0.520. The minimum atomic E-state index is -0.265. The average Bonchev–Trinajstić information content (AvgIpc) is 3.34. The van der Waals surface area contributed by atoms with Gasteiger partial charge in [-0.3, -0.25) is 9.59 Å². The van der Waals surface area contributed by atoms with E-state index in [1.807, 2.05) is 29.2 Å². The summed E-state index contributed by atoms with van der Waals surface area (Å²) in [5.41, 5.74) is 0.858. The predicted octanol–water partition coefficient (Wildman–Crippen LogP) is 5.15. The summed E-state index contributed by atoms with van der Waals surface area (Å²) in [6.07, 6.45) is 9.55. The van der Waals surface area contributed by atoms with Crippen molar-refractivity contribution >= 4 is 27.7 Å². The molecule has 2 fully saturated rings. The molecule has 2 amide bonds. The fourth-order valence-electron chi connectivity index (χ4n) is 4.82. The van der Waals surface area contributed by atoms with Crippen molar-refractivity contribution in [2.24, 2.45) is 5.92 Å². The highest BCUT2D eigenvalue weighted by Crippen LogP contribution is 2.32. The summed E-state index contributed by atoms with van der Waals surface area (Å²) < 4.78 is 6.58. The van der Waals surface area contributed by atoms with Gasteiger partial charge < -0.3 is 14.3 Å². The molecule has 2 aliphatic rings. The molecule has 1 saturated carbocycles. The molecule has 1 unspecified atom stereocenters. The van der Waals surface area contributed by atoms with E-state index >= 15 is 0 Å². The van der Waals surface area contributed by atoms with Gasteiger partial charge in [-0.05, 0) is 56.4 Å². The van der Waals surface area contributed by atoms with E-state index in [4.69, 9.17) is 4.52 Å². The van der Waals surface area contributed by atoms with Gasteiger partial charge in [0.15, 0.2) is 0 Å². The Balaban J connectivity index is 1.48. The van der Waals surface area contributed by atoms with Crippen molar-refractivity contribution in [3.05, 3.63) is 47.3 Å². The van der Waals surface area contributed by atoms with Crippen LogP contribution in [0.25, 0.3) is 11.4 Å². The second kappa shape index (κ2) is 11.1. The summed E-state index contributed by atoms with van der Waals surface area (Å²) in [6, 6.07) is 7.44. The number of piperidine rings is 1. The Hall–Kier alpha value is -2.48. The van der Waals surface area contributed by atoms with E-state index < -0.39 is 0 Å². The van der Waals surface area contributed by atoms with Gasteiger partial charge in [0.1, 0.15) is 12.6 Å². The molecule has 4 rings (SSSR count). The van der Waals surface area contributed by atoms with Crippen molar-refractivity contribution in [1.82, 2.24) is 19.9 Å². The van der Waals surface area contributed by atoms with Crippen LogP contribution in [-0.4, -0.2) is 51.4 Å². The van der Waals surface area contributed by atoms with Crippen LogP contribution in [0.2, 0.25) is 0 Å². The molecule has 176 valence electrons. The lowest BCUT2D eigenvalue weighted by atomic mass is 9.88. The third kappa shape index (κ3) is 5.72. The molecule has 33 heavy (non-hydrogen) atoms. The van der Waals surface area contributed by atoms with E-state index in [-0.39, 0.29) is 30.3 Å². The van der Waals surface area contributed by atoms with Gasteiger partial charge in [0.05, 0.1) is 0 Å². The monoisotopic (exact) mass is 514 g/mol. The molecule has 2 heterocycles. The number of aromatic nitrogens is 2. The Morgan fingerprint density at radius 1 is 1.12 bits per heavy atom. The summed E-state index contributed by atoms with van der Waals surface area (Å²) in [5, 5.41) is 4.15. The SMILES string of the molecule is C=CCN(CC(=O)N1CCCCC1c1nc(-c2ccc(Br)cc2)no1)C(=O)C1CCCCC1. The smallest absolute Gasteiger partial charge is 0.249 e. The summed E-state index contributed by atoms with van der Waals surface area (Å²) >= 11 is 3.43. The molecule has 0 N–H and O–H groups in total. The predicted molar refractivity (Wildman–Crippen MR) is 129 cm³/mol. The zero-order valence-electron chi connectivity index (χ0n) is 18.9. The average molecular weight is 515 g/mol. The largest absolute Gasteiger partial charge is 0.337 e. The number of benzene rings is 1. The molecule has 1 atom stereocenters. The highest BCUT2D eigenvalue weighted by atomic mass is 79.9. The number of amides is 2. The molecule has 2 aromatic rings. The van der Waals surface area contributed by atoms with Gasteiger partial charge in [-0.1, -0.05) is 46.4 Å². The number of carbonyl (C=O) groups is 2. The number of halogens is 1. The zero-order valence-corrected chi connectivity index (χ0v) is 20.5. The van der Waals surface area contributed by atoms with Crippen molar-refractivity contribution in [2.75, 3.05) is 19.6 Å². The molecule has 7 nitrogen and oxygen atoms in total.